The summed E-state index contributed by atoms with van der Waals surface area (Å²) in [6.07, 6.45) is 0. The maximum atomic E-state index is 6.01. The molecule has 19 heavy (non-hydrogen) atoms. The van der Waals surface area contributed by atoms with Gasteiger partial charge in [0.15, 0.2) is 0 Å². The van der Waals surface area contributed by atoms with Crippen LogP contribution in [-0.4, -0.2) is 7.05 Å². The van der Waals surface area contributed by atoms with Crippen LogP contribution in [0.1, 0.15) is 22.9 Å². The molecule has 1 N–H and O–H groups in total. The van der Waals surface area contributed by atoms with E-state index in [-0.39, 0.29) is 6.04 Å². The Morgan fingerprint density at radius 1 is 1.26 bits per heavy atom. The van der Waals surface area contributed by atoms with E-state index in [4.69, 9.17) is 16.0 Å². The summed E-state index contributed by atoms with van der Waals surface area (Å²) in [5, 5.41) is 9.40. The summed E-state index contributed by atoms with van der Waals surface area (Å²) >= 11 is 7.72. The molecule has 2 aromatic heterocycles. The Bertz CT molecular complexity index is 716. The molecule has 4 heteroatoms. The molecule has 0 aliphatic carbocycles. The average molecular weight is 292 g/mol. The van der Waals surface area contributed by atoms with Gasteiger partial charge in [-0.3, -0.25) is 0 Å². The molecular weight excluding hydrogens is 278 g/mol. The van der Waals surface area contributed by atoms with Gasteiger partial charge in [0.1, 0.15) is 11.3 Å². The summed E-state index contributed by atoms with van der Waals surface area (Å²) in [7, 11) is 1.95. The second-order valence-corrected chi connectivity index (χ2v) is 5.74. The normalized spacial score (nSPS) is 13.0. The van der Waals surface area contributed by atoms with Crippen LogP contribution >= 0.6 is 22.9 Å². The Balaban J connectivity index is 2.09. The highest BCUT2D eigenvalue weighted by Gasteiger charge is 2.19. The predicted molar refractivity (Wildman–Crippen MR) is 81.2 cm³/mol. The van der Waals surface area contributed by atoms with E-state index in [2.05, 4.69) is 29.1 Å². The summed E-state index contributed by atoms with van der Waals surface area (Å²) in [6, 6.07) is 7.82. The zero-order valence-electron chi connectivity index (χ0n) is 10.7. The van der Waals surface area contributed by atoms with E-state index in [9.17, 15) is 0 Å². The first-order chi connectivity index (χ1) is 9.19. The largest absolute Gasteiger partial charge is 0.459 e. The fourth-order valence-electron chi connectivity index (χ4n) is 2.29. The second-order valence-electron chi connectivity index (χ2n) is 4.56. The molecule has 2 heterocycles. The molecule has 0 aliphatic rings. The number of hydrogen-bond acceptors (Lipinski definition) is 3. The Morgan fingerprint density at radius 3 is 2.79 bits per heavy atom. The molecule has 2 nitrogen and oxygen atoms in total. The lowest BCUT2D eigenvalue weighted by molar-refractivity contribution is 0.491. The lowest BCUT2D eigenvalue weighted by Crippen LogP contribution is -2.17. The molecule has 0 radical (unpaired) electrons. The van der Waals surface area contributed by atoms with Gasteiger partial charge >= 0.3 is 0 Å². The van der Waals surface area contributed by atoms with Crippen LogP contribution in [-0.2, 0) is 0 Å². The number of halogens is 1. The quantitative estimate of drug-likeness (QED) is 0.752. The number of nitrogens with one attached hydrogen (secondary N) is 1. The maximum Gasteiger partial charge on any atom is 0.134 e. The second kappa shape index (κ2) is 5.00. The first-order valence-corrected chi connectivity index (χ1v) is 7.40. The van der Waals surface area contributed by atoms with Crippen molar-refractivity contribution in [2.75, 3.05) is 7.05 Å². The Morgan fingerprint density at radius 2 is 2.11 bits per heavy atom. The smallest absolute Gasteiger partial charge is 0.134 e. The van der Waals surface area contributed by atoms with Crippen LogP contribution in [0.15, 0.2) is 39.4 Å². The number of hydrogen-bond donors (Lipinski definition) is 1. The first-order valence-electron chi connectivity index (χ1n) is 6.08. The minimum Gasteiger partial charge on any atom is -0.459 e. The van der Waals surface area contributed by atoms with Crippen LogP contribution in [0, 0.1) is 6.92 Å². The molecule has 0 aliphatic heterocycles. The van der Waals surface area contributed by atoms with E-state index in [1.807, 2.05) is 25.2 Å². The molecule has 0 bridgehead atoms. The van der Waals surface area contributed by atoms with Gasteiger partial charge in [0, 0.05) is 10.4 Å². The van der Waals surface area contributed by atoms with Gasteiger partial charge in [0.05, 0.1) is 6.04 Å². The SMILES string of the molecule is CNC(c1cc2cc(Cl)ccc2o1)c1cscc1C. The van der Waals surface area contributed by atoms with Crippen molar-refractivity contribution in [2.45, 2.75) is 13.0 Å². The van der Waals surface area contributed by atoms with Crippen molar-refractivity contribution < 1.29 is 4.42 Å². The fourth-order valence-corrected chi connectivity index (χ4v) is 3.35. The molecule has 0 saturated carbocycles. The van der Waals surface area contributed by atoms with Gasteiger partial charge in [-0.25, -0.2) is 0 Å². The molecule has 1 unspecified atom stereocenters. The third kappa shape index (κ3) is 2.29. The number of fused-ring (bicyclic) bond motifs is 1. The van der Waals surface area contributed by atoms with Gasteiger partial charge < -0.3 is 9.73 Å². The average Bonchev–Trinajstić information content (AvgIpc) is 2.97. The van der Waals surface area contributed by atoms with Crippen LogP contribution in [0.3, 0.4) is 0 Å². The van der Waals surface area contributed by atoms with Crippen molar-refractivity contribution in [2.24, 2.45) is 0 Å². The standard InChI is InChI=1S/C15H14ClNOS/c1-9-7-19-8-12(9)15(17-2)14-6-10-5-11(16)3-4-13(10)18-14/h3-8,15,17H,1-2H3. The van der Waals surface area contributed by atoms with E-state index in [0.29, 0.717) is 0 Å². The summed E-state index contributed by atoms with van der Waals surface area (Å²) in [4.78, 5) is 0. The van der Waals surface area contributed by atoms with E-state index >= 15 is 0 Å². The molecule has 98 valence electrons. The molecule has 0 saturated heterocycles. The minimum absolute atomic E-state index is 0.0809. The lowest BCUT2D eigenvalue weighted by Gasteiger charge is -2.13. The molecule has 0 amide bonds. The van der Waals surface area contributed by atoms with E-state index in [1.54, 1.807) is 11.3 Å². The lowest BCUT2D eigenvalue weighted by atomic mass is 10.0. The predicted octanol–water partition coefficient (Wildman–Crippen LogP) is 4.76. The summed E-state index contributed by atoms with van der Waals surface area (Å²) in [5.74, 6) is 0.918. The van der Waals surface area contributed by atoms with Crippen molar-refractivity contribution in [1.82, 2.24) is 5.32 Å². The van der Waals surface area contributed by atoms with Crippen LogP contribution in [0.2, 0.25) is 5.02 Å². The van der Waals surface area contributed by atoms with Crippen molar-refractivity contribution in [3.05, 3.63) is 56.9 Å². The number of benzene rings is 1. The molecule has 0 fully saturated rings. The summed E-state index contributed by atoms with van der Waals surface area (Å²) < 4.78 is 5.94. The monoisotopic (exact) mass is 291 g/mol. The van der Waals surface area contributed by atoms with Crippen molar-refractivity contribution >= 4 is 33.9 Å². The van der Waals surface area contributed by atoms with Gasteiger partial charge in [0.2, 0.25) is 0 Å². The number of rotatable bonds is 3. The number of thiophene rings is 1. The van der Waals surface area contributed by atoms with Crippen molar-refractivity contribution in [1.29, 1.82) is 0 Å². The highest BCUT2D eigenvalue weighted by Crippen LogP contribution is 2.32. The van der Waals surface area contributed by atoms with Gasteiger partial charge in [-0.1, -0.05) is 11.6 Å². The highest BCUT2D eigenvalue weighted by molar-refractivity contribution is 7.08. The zero-order chi connectivity index (χ0) is 13.4. The molecular formula is C15H14ClNOS. The summed E-state index contributed by atoms with van der Waals surface area (Å²) in [6.45, 7) is 2.12. The minimum atomic E-state index is 0.0809. The number of aryl methyl sites for hydroxylation is 1. The molecule has 1 aromatic carbocycles. The Kier molecular flexibility index (Phi) is 3.35. The van der Waals surface area contributed by atoms with Gasteiger partial charge in [-0.05, 0) is 60.1 Å². The zero-order valence-corrected chi connectivity index (χ0v) is 12.3. The van der Waals surface area contributed by atoms with Crippen molar-refractivity contribution in [3.8, 4) is 0 Å². The Labute approximate surface area is 121 Å². The molecule has 0 spiro atoms. The van der Waals surface area contributed by atoms with Gasteiger partial charge in [0.25, 0.3) is 0 Å². The van der Waals surface area contributed by atoms with E-state index in [1.165, 1.54) is 11.1 Å². The summed E-state index contributed by atoms with van der Waals surface area (Å²) in [5.41, 5.74) is 3.41. The molecule has 3 rings (SSSR count). The van der Waals surface area contributed by atoms with Crippen LogP contribution < -0.4 is 5.32 Å². The Hall–Kier alpha value is -1.29. The van der Waals surface area contributed by atoms with Crippen LogP contribution in [0.4, 0.5) is 0 Å². The van der Waals surface area contributed by atoms with Crippen LogP contribution in [0.25, 0.3) is 11.0 Å². The molecule has 3 aromatic rings. The topological polar surface area (TPSA) is 25.2 Å². The third-order valence-corrected chi connectivity index (χ3v) is 4.39. The highest BCUT2D eigenvalue weighted by atomic mass is 35.5. The third-order valence-electron chi connectivity index (χ3n) is 3.28. The maximum absolute atomic E-state index is 6.01. The molecule has 1 atom stereocenters. The fraction of sp³-hybridized carbons (Fsp3) is 0.200. The van der Waals surface area contributed by atoms with Crippen molar-refractivity contribution in [3.63, 3.8) is 0 Å². The van der Waals surface area contributed by atoms with Crippen LogP contribution in [0.5, 0.6) is 0 Å². The number of furan rings is 1. The van der Waals surface area contributed by atoms with Gasteiger partial charge in [-0.2, -0.15) is 11.3 Å². The van der Waals surface area contributed by atoms with E-state index in [0.717, 1.165) is 21.8 Å². The van der Waals surface area contributed by atoms with E-state index < -0.39 is 0 Å². The van der Waals surface area contributed by atoms with Gasteiger partial charge in [-0.15, -0.1) is 0 Å². The first kappa shape index (κ1) is 12.7.